The number of aromatic nitrogens is 2. The van der Waals surface area contributed by atoms with E-state index in [1.165, 1.54) is 10.4 Å². The Kier molecular flexibility index (Phi) is 6.22. The van der Waals surface area contributed by atoms with E-state index in [1.807, 2.05) is 0 Å². The Balaban J connectivity index is 1.57. The molecule has 1 aromatic heterocycles. The molecule has 0 radical (unpaired) electrons. The van der Waals surface area contributed by atoms with Gasteiger partial charge in [0.05, 0.1) is 17.1 Å². The first-order valence-corrected chi connectivity index (χ1v) is 12.0. The number of carbonyl (C=O) groups excluding carboxylic acids is 1. The molecule has 31 heavy (non-hydrogen) atoms. The van der Waals surface area contributed by atoms with Crippen LogP contribution in [-0.4, -0.2) is 55.8 Å². The van der Waals surface area contributed by atoms with E-state index < -0.39 is 10.0 Å². The largest absolute Gasteiger partial charge is 0.373 e. The van der Waals surface area contributed by atoms with Gasteiger partial charge in [-0.1, -0.05) is 0 Å². The van der Waals surface area contributed by atoms with Crippen LogP contribution in [0.1, 0.15) is 42.3 Å². The third-order valence-corrected chi connectivity index (χ3v) is 7.58. The van der Waals surface area contributed by atoms with Gasteiger partial charge in [0.25, 0.3) is 0 Å². The van der Waals surface area contributed by atoms with E-state index >= 15 is 0 Å². The molecule has 9 nitrogen and oxygen atoms in total. The van der Waals surface area contributed by atoms with Crippen LogP contribution in [0, 0.1) is 0 Å². The topological polar surface area (TPSA) is 116 Å². The molecule has 2 aliphatic heterocycles. The van der Waals surface area contributed by atoms with Crippen molar-refractivity contribution in [3.8, 4) is 0 Å². The summed E-state index contributed by atoms with van der Waals surface area (Å²) in [7, 11) is -0.366. The first-order chi connectivity index (χ1) is 14.9. The molecule has 1 fully saturated rings. The Morgan fingerprint density at radius 2 is 2.06 bits per heavy atom. The summed E-state index contributed by atoms with van der Waals surface area (Å²) in [6.07, 6.45) is 2.98. The summed E-state index contributed by atoms with van der Waals surface area (Å²) >= 11 is 0. The Labute approximate surface area is 182 Å². The standard InChI is InChI=1S/C21H28N6O3S/c1-22-19-11-16(24-21(26-19)15-4-3-9-23-12-15)13-27(2)31(29,30)17-6-7-18-14(10-17)5-8-20(28)25-18/h6-7,10-11,15,23H,3-5,8-9,12-13H2,1-2H3,(H,25,28)(H,22,24,26). The molecule has 1 amide bonds. The van der Waals surface area contributed by atoms with Crippen LogP contribution in [0.15, 0.2) is 29.2 Å². The zero-order valence-corrected chi connectivity index (χ0v) is 18.6. The predicted octanol–water partition coefficient (Wildman–Crippen LogP) is 1.69. The van der Waals surface area contributed by atoms with E-state index in [2.05, 4.69) is 25.9 Å². The molecule has 10 heteroatoms. The van der Waals surface area contributed by atoms with Crippen LogP contribution in [-0.2, 0) is 27.8 Å². The number of benzene rings is 1. The van der Waals surface area contributed by atoms with Crippen molar-refractivity contribution in [3.63, 3.8) is 0 Å². The van der Waals surface area contributed by atoms with Crippen molar-refractivity contribution in [2.75, 3.05) is 37.8 Å². The molecule has 2 aliphatic rings. The molecule has 166 valence electrons. The van der Waals surface area contributed by atoms with Gasteiger partial charge in [-0.3, -0.25) is 4.79 Å². The number of amides is 1. The van der Waals surface area contributed by atoms with Gasteiger partial charge in [-0.25, -0.2) is 18.4 Å². The maximum absolute atomic E-state index is 13.2. The van der Waals surface area contributed by atoms with Crippen LogP contribution in [0.3, 0.4) is 0 Å². The molecule has 3 N–H and O–H groups in total. The molecule has 1 saturated heterocycles. The minimum atomic E-state index is -3.71. The molecule has 4 rings (SSSR count). The summed E-state index contributed by atoms with van der Waals surface area (Å²) in [5.74, 6) is 1.59. The number of piperidine rings is 1. The van der Waals surface area contributed by atoms with Gasteiger partial charge in [-0.15, -0.1) is 0 Å². The Morgan fingerprint density at radius 1 is 1.23 bits per heavy atom. The van der Waals surface area contributed by atoms with E-state index in [4.69, 9.17) is 0 Å². The molecule has 1 unspecified atom stereocenters. The van der Waals surface area contributed by atoms with Crippen LogP contribution in [0.25, 0.3) is 0 Å². The maximum Gasteiger partial charge on any atom is 0.243 e. The fourth-order valence-electron chi connectivity index (χ4n) is 4.00. The van der Waals surface area contributed by atoms with Gasteiger partial charge >= 0.3 is 0 Å². The van der Waals surface area contributed by atoms with Crippen molar-refractivity contribution in [3.05, 3.63) is 41.3 Å². The van der Waals surface area contributed by atoms with Gasteiger partial charge in [0, 0.05) is 44.7 Å². The fourth-order valence-corrected chi connectivity index (χ4v) is 5.19. The lowest BCUT2D eigenvalue weighted by atomic mass is 9.99. The van der Waals surface area contributed by atoms with E-state index in [9.17, 15) is 13.2 Å². The maximum atomic E-state index is 13.2. The summed E-state index contributed by atoms with van der Waals surface area (Å²) in [6.45, 7) is 1.97. The SMILES string of the molecule is CNc1cc(CN(C)S(=O)(=O)c2ccc3c(c2)CCC(=O)N3)nc(C2CCCNC2)n1. The second-order valence-corrected chi connectivity index (χ2v) is 10.1. The van der Waals surface area contributed by atoms with Gasteiger partial charge in [0.15, 0.2) is 0 Å². The highest BCUT2D eigenvalue weighted by molar-refractivity contribution is 7.89. The number of nitrogens with one attached hydrogen (secondary N) is 3. The summed E-state index contributed by atoms with van der Waals surface area (Å²) in [4.78, 5) is 21.0. The van der Waals surface area contributed by atoms with Crippen LogP contribution >= 0.6 is 0 Å². The van der Waals surface area contributed by atoms with Gasteiger partial charge in [-0.2, -0.15) is 4.31 Å². The Morgan fingerprint density at radius 3 is 2.81 bits per heavy atom. The van der Waals surface area contributed by atoms with Crippen molar-refractivity contribution in [1.82, 2.24) is 19.6 Å². The number of hydrogen-bond donors (Lipinski definition) is 3. The Bertz CT molecular complexity index is 1080. The molecular formula is C21H28N6O3S. The second-order valence-electron chi connectivity index (χ2n) is 8.02. The normalized spacial score (nSPS) is 19.1. The number of carbonyl (C=O) groups is 1. The van der Waals surface area contributed by atoms with Crippen LogP contribution in [0.5, 0.6) is 0 Å². The summed E-state index contributed by atoms with van der Waals surface area (Å²) in [5.41, 5.74) is 2.16. The molecule has 1 atom stereocenters. The van der Waals surface area contributed by atoms with E-state index in [0.29, 0.717) is 30.0 Å². The number of nitrogens with zero attached hydrogens (tertiary/aromatic N) is 3. The van der Waals surface area contributed by atoms with Gasteiger partial charge in [0.1, 0.15) is 11.6 Å². The second kappa shape index (κ2) is 8.89. The number of fused-ring (bicyclic) bond motifs is 1. The Hall–Kier alpha value is -2.56. The highest BCUT2D eigenvalue weighted by Gasteiger charge is 2.25. The van der Waals surface area contributed by atoms with E-state index in [-0.39, 0.29) is 23.3 Å². The smallest absolute Gasteiger partial charge is 0.243 e. The monoisotopic (exact) mass is 444 g/mol. The first kappa shape index (κ1) is 21.7. The molecule has 3 heterocycles. The van der Waals surface area contributed by atoms with Crippen molar-refractivity contribution in [2.24, 2.45) is 0 Å². The highest BCUT2D eigenvalue weighted by Crippen LogP contribution is 2.27. The number of rotatable bonds is 6. The van der Waals surface area contributed by atoms with Crippen molar-refractivity contribution in [1.29, 1.82) is 0 Å². The lowest BCUT2D eigenvalue weighted by molar-refractivity contribution is -0.116. The molecule has 0 spiro atoms. The van der Waals surface area contributed by atoms with Crippen LogP contribution in [0.2, 0.25) is 0 Å². The van der Waals surface area contributed by atoms with Crippen molar-refractivity contribution in [2.45, 2.75) is 43.0 Å². The average Bonchev–Trinajstić information content (AvgIpc) is 2.78. The van der Waals surface area contributed by atoms with Crippen molar-refractivity contribution >= 4 is 27.4 Å². The van der Waals surface area contributed by atoms with E-state index in [1.54, 1.807) is 32.3 Å². The summed E-state index contributed by atoms with van der Waals surface area (Å²) in [5, 5.41) is 9.21. The minimum Gasteiger partial charge on any atom is -0.373 e. The van der Waals surface area contributed by atoms with E-state index in [0.717, 1.165) is 37.3 Å². The zero-order valence-electron chi connectivity index (χ0n) is 17.8. The van der Waals surface area contributed by atoms with Crippen LogP contribution in [0.4, 0.5) is 11.5 Å². The quantitative estimate of drug-likeness (QED) is 0.621. The van der Waals surface area contributed by atoms with Gasteiger partial charge in [0.2, 0.25) is 15.9 Å². The number of anilines is 2. The molecule has 0 saturated carbocycles. The molecule has 0 aliphatic carbocycles. The lowest BCUT2D eigenvalue weighted by Gasteiger charge is -2.23. The summed E-state index contributed by atoms with van der Waals surface area (Å²) < 4.78 is 27.7. The minimum absolute atomic E-state index is 0.0479. The number of sulfonamides is 1. The summed E-state index contributed by atoms with van der Waals surface area (Å²) in [6, 6.07) is 6.63. The van der Waals surface area contributed by atoms with Gasteiger partial charge < -0.3 is 16.0 Å². The third-order valence-electron chi connectivity index (χ3n) is 5.78. The fraction of sp³-hybridized carbons (Fsp3) is 0.476. The highest BCUT2D eigenvalue weighted by atomic mass is 32.2. The lowest BCUT2D eigenvalue weighted by Crippen LogP contribution is -2.30. The molecular weight excluding hydrogens is 416 g/mol. The molecule has 2 aromatic rings. The first-order valence-electron chi connectivity index (χ1n) is 10.5. The van der Waals surface area contributed by atoms with Gasteiger partial charge in [-0.05, 0) is 49.6 Å². The zero-order chi connectivity index (χ0) is 22.0. The number of hydrogen-bond acceptors (Lipinski definition) is 7. The predicted molar refractivity (Wildman–Crippen MR) is 118 cm³/mol. The number of aryl methyl sites for hydroxylation is 1. The molecule has 1 aromatic carbocycles. The van der Waals surface area contributed by atoms with Crippen LogP contribution < -0.4 is 16.0 Å². The molecule has 0 bridgehead atoms. The average molecular weight is 445 g/mol. The third kappa shape index (κ3) is 4.70. The van der Waals surface area contributed by atoms with Crippen molar-refractivity contribution < 1.29 is 13.2 Å².